The van der Waals surface area contributed by atoms with Crippen LogP contribution in [0.5, 0.6) is 0 Å². The third-order valence-corrected chi connectivity index (χ3v) is 5.41. The van der Waals surface area contributed by atoms with Gasteiger partial charge in [-0.1, -0.05) is 54.6 Å². The fraction of sp³-hybridized carbons (Fsp3) is 0.435. The SMILES string of the molecule is CC(=O)CCC(c1ccccc1C)N1CCN(Cc2ccccc2)CC1. The molecule has 0 bridgehead atoms. The first-order chi connectivity index (χ1) is 12.6. The highest BCUT2D eigenvalue weighted by molar-refractivity contribution is 5.75. The number of carbonyl (C=O) groups is 1. The molecule has 3 heteroatoms. The minimum atomic E-state index is 0.284. The van der Waals surface area contributed by atoms with Crippen LogP contribution in [0.3, 0.4) is 0 Å². The highest BCUT2D eigenvalue weighted by Gasteiger charge is 2.26. The van der Waals surface area contributed by atoms with Gasteiger partial charge in [-0.2, -0.15) is 0 Å². The van der Waals surface area contributed by atoms with Crippen molar-refractivity contribution in [2.24, 2.45) is 0 Å². The van der Waals surface area contributed by atoms with Crippen molar-refractivity contribution in [2.45, 2.75) is 39.3 Å². The van der Waals surface area contributed by atoms with Crippen LogP contribution in [0.25, 0.3) is 0 Å². The fourth-order valence-corrected chi connectivity index (χ4v) is 3.91. The van der Waals surface area contributed by atoms with Crippen molar-refractivity contribution in [2.75, 3.05) is 26.2 Å². The summed E-state index contributed by atoms with van der Waals surface area (Å²) in [6.45, 7) is 9.19. The molecule has 26 heavy (non-hydrogen) atoms. The predicted octanol–water partition coefficient (Wildman–Crippen LogP) is 4.22. The Kier molecular flexibility index (Phi) is 6.59. The Bertz CT molecular complexity index is 705. The van der Waals surface area contributed by atoms with E-state index in [1.807, 2.05) is 0 Å². The molecule has 1 atom stereocenters. The van der Waals surface area contributed by atoms with Crippen molar-refractivity contribution in [3.63, 3.8) is 0 Å². The van der Waals surface area contributed by atoms with Crippen LogP contribution in [0.4, 0.5) is 0 Å². The highest BCUT2D eigenvalue weighted by atomic mass is 16.1. The molecule has 2 aromatic carbocycles. The summed E-state index contributed by atoms with van der Waals surface area (Å²) < 4.78 is 0. The summed E-state index contributed by atoms with van der Waals surface area (Å²) in [7, 11) is 0. The molecule has 1 saturated heterocycles. The number of aryl methyl sites for hydroxylation is 1. The van der Waals surface area contributed by atoms with Crippen LogP contribution < -0.4 is 0 Å². The number of rotatable bonds is 7. The maximum absolute atomic E-state index is 11.6. The van der Waals surface area contributed by atoms with Crippen LogP contribution in [0, 0.1) is 6.92 Å². The molecule has 0 amide bonds. The Labute approximate surface area is 157 Å². The zero-order valence-corrected chi connectivity index (χ0v) is 16.0. The standard InChI is InChI=1S/C23H30N2O/c1-19-8-6-7-11-22(19)23(13-12-20(2)26)25-16-14-24(15-17-25)18-21-9-4-3-5-10-21/h3-11,23H,12-18H2,1-2H3. The Balaban J connectivity index is 1.65. The van der Waals surface area contributed by atoms with Gasteiger partial charge in [-0.15, -0.1) is 0 Å². The lowest BCUT2D eigenvalue weighted by atomic mass is 9.94. The molecule has 0 spiro atoms. The maximum Gasteiger partial charge on any atom is 0.129 e. The topological polar surface area (TPSA) is 23.6 Å². The molecule has 0 aromatic heterocycles. The molecule has 1 unspecified atom stereocenters. The van der Waals surface area contributed by atoms with Crippen molar-refractivity contribution in [3.05, 3.63) is 71.3 Å². The lowest BCUT2D eigenvalue weighted by Crippen LogP contribution is -2.47. The molecule has 1 heterocycles. The van der Waals surface area contributed by atoms with Gasteiger partial charge in [0.05, 0.1) is 0 Å². The lowest BCUT2D eigenvalue weighted by molar-refractivity contribution is -0.117. The molecule has 3 nitrogen and oxygen atoms in total. The van der Waals surface area contributed by atoms with Crippen LogP contribution in [0.15, 0.2) is 54.6 Å². The smallest absolute Gasteiger partial charge is 0.129 e. The summed E-state index contributed by atoms with van der Waals surface area (Å²) in [5, 5.41) is 0. The van der Waals surface area contributed by atoms with Crippen molar-refractivity contribution >= 4 is 5.78 Å². The average molecular weight is 351 g/mol. The molecule has 0 N–H and O–H groups in total. The van der Waals surface area contributed by atoms with Gasteiger partial charge in [0.2, 0.25) is 0 Å². The van der Waals surface area contributed by atoms with Gasteiger partial charge < -0.3 is 4.79 Å². The van der Waals surface area contributed by atoms with Gasteiger partial charge in [-0.25, -0.2) is 0 Å². The molecule has 0 saturated carbocycles. The lowest BCUT2D eigenvalue weighted by Gasteiger charge is -2.40. The minimum absolute atomic E-state index is 0.284. The number of hydrogen-bond acceptors (Lipinski definition) is 3. The summed E-state index contributed by atoms with van der Waals surface area (Å²) in [4.78, 5) is 16.7. The number of carbonyl (C=O) groups excluding carboxylic acids is 1. The zero-order chi connectivity index (χ0) is 18.4. The Hall–Kier alpha value is -1.97. The second kappa shape index (κ2) is 9.11. The quantitative estimate of drug-likeness (QED) is 0.747. The number of piperazine rings is 1. The predicted molar refractivity (Wildman–Crippen MR) is 107 cm³/mol. The Morgan fingerprint density at radius 1 is 0.962 bits per heavy atom. The summed E-state index contributed by atoms with van der Waals surface area (Å²) in [6, 6.07) is 19.7. The molecular weight excluding hydrogens is 320 g/mol. The van der Waals surface area contributed by atoms with E-state index in [2.05, 4.69) is 71.3 Å². The molecule has 1 fully saturated rings. The van der Waals surface area contributed by atoms with Crippen LogP contribution in [0.1, 0.15) is 42.5 Å². The van der Waals surface area contributed by atoms with E-state index in [9.17, 15) is 4.79 Å². The number of ketones is 1. The minimum Gasteiger partial charge on any atom is -0.300 e. The molecular formula is C23H30N2O. The van der Waals surface area contributed by atoms with Gasteiger partial charge in [-0.05, 0) is 37.0 Å². The van der Waals surface area contributed by atoms with E-state index < -0.39 is 0 Å². The monoisotopic (exact) mass is 350 g/mol. The number of Topliss-reactive ketones (excluding diaryl/α,β-unsaturated/α-hetero) is 1. The van der Waals surface area contributed by atoms with E-state index in [4.69, 9.17) is 0 Å². The second-order valence-electron chi connectivity index (χ2n) is 7.41. The van der Waals surface area contributed by atoms with Crippen LogP contribution >= 0.6 is 0 Å². The van der Waals surface area contributed by atoms with Crippen LogP contribution in [-0.2, 0) is 11.3 Å². The average Bonchev–Trinajstić information content (AvgIpc) is 2.65. The summed E-state index contributed by atoms with van der Waals surface area (Å²) in [5.41, 5.74) is 4.09. The van der Waals surface area contributed by atoms with E-state index in [1.54, 1.807) is 6.92 Å². The third kappa shape index (κ3) is 5.03. The first-order valence-electron chi connectivity index (χ1n) is 9.69. The zero-order valence-electron chi connectivity index (χ0n) is 16.0. The third-order valence-electron chi connectivity index (χ3n) is 5.41. The molecule has 3 rings (SSSR count). The number of benzene rings is 2. The molecule has 0 aliphatic carbocycles. The van der Waals surface area contributed by atoms with Crippen LogP contribution in [-0.4, -0.2) is 41.8 Å². The summed E-state index contributed by atoms with van der Waals surface area (Å²) >= 11 is 0. The molecule has 0 radical (unpaired) electrons. The van der Waals surface area contributed by atoms with Crippen molar-refractivity contribution in [3.8, 4) is 0 Å². The van der Waals surface area contributed by atoms with E-state index in [1.165, 1.54) is 16.7 Å². The van der Waals surface area contributed by atoms with E-state index in [0.717, 1.165) is 39.1 Å². The van der Waals surface area contributed by atoms with Crippen molar-refractivity contribution < 1.29 is 4.79 Å². The Morgan fingerprint density at radius 2 is 1.62 bits per heavy atom. The van der Waals surface area contributed by atoms with Gasteiger partial charge in [0.15, 0.2) is 0 Å². The largest absolute Gasteiger partial charge is 0.300 e. The van der Waals surface area contributed by atoms with Gasteiger partial charge in [0.1, 0.15) is 5.78 Å². The number of nitrogens with zero attached hydrogens (tertiary/aromatic N) is 2. The van der Waals surface area contributed by atoms with Crippen molar-refractivity contribution in [1.29, 1.82) is 0 Å². The normalized spacial score (nSPS) is 17.2. The Morgan fingerprint density at radius 3 is 2.27 bits per heavy atom. The van der Waals surface area contributed by atoms with Gasteiger partial charge in [-0.3, -0.25) is 9.80 Å². The fourth-order valence-electron chi connectivity index (χ4n) is 3.91. The highest BCUT2D eigenvalue weighted by Crippen LogP contribution is 2.29. The second-order valence-corrected chi connectivity index (χ2v) is 7.41. The van der Waals surface area contributed by atoms with E-state index in [0.29, 0.717) is 12.5 Å². The first-order valence-corrected chi connectivity index (χ1v) is 9.69. The maximum atomic E-state index is 11.6. The van der Waals surface area contributed by atoms with Crippen molar-refractivity contribution in [1.82, 2.24) is 9.80 Å². The molecule has 1 aliphatic heterocycles. The number of hydrogen-bond donors (Lipinski definition) is 0. The first kappa shape index (κ1) is 18.8. The van der Waals surface area contributed by atoms with E-state index >= 15 is 0 Å². The molecule has 138 valence electrons. The summed E-state index contributed by atoms with van der Waals surface area (Å²) in [6.07, 6.45) is 1.57. The van der Waals surface area contributed by atoms with Gasteiger partial charge in [0.25, 0.3) is 0 Å². The summed E-state index contributed by atoms with van der Waals surface area (Å²) in [5.74, 6) is 0.284. The van der Waals surface area contributed by atoms with Crippen LogP contribution in [0.2, 0.25) is 0 Å². The van der Waals surface area contributed by atoms with Gasteiger partial charge >= 0.3 is 0 Å². The molecule has 1 aliphatic rings. The van der Waals surface area contributed by atoms with Gasteiger partial charge in [0, 0.05) is 45.2 Å². The molecule has 2 aromatic rings. The van der Waals surface area contributed by atoms with E-state index in [-0.39, 0.29) is 5.78 Å².